The maximum Gasteiger partial charge on any atom is 0.323 e. The third-order valence-corrected chi connectivity index (χ3v) is 2.47. The lowest BCUT2D eigenvalue weighted by atomic mass is 10.2. The molecule has 7 heteroatoms. The summed E-state index contributed by atoms with van der Waals surface area (Å²) in [6.07, 6.45) is 5.08. The Kier molecular flexibility index (Phi) is 5.40. The predicted molar refractivity (Wildman–Crippen MR) is 73.2 cm³/mol. The van der Waals surface area contributed by atoms with Gasteiger partial charge >= 0.3 is 12.0 Å². The van der Waals surface area contributed by atoms with Crippen LogP contribution < -0.4 is 5.32 Å². The van der Waals surface area contributed by atoms with E-state index >= 15 is 0 Å². The standard InChI is InChI=1S/C13H10ClN3O3/c1-2-5-17(8-12(18)19)13(20)16-11-6-10(14)4-3-9(11)7-15/h1,3-4,6H,5,8H2,(H,16,20)(H,18,19). The molecule has 1 rings (SSSR count). The Morgan fingerprint density at radius 3 is 2.75 bits per heavy atom. The van der Waals surface area contributed by atoms with E-state index < -0.39 is 18.5 Å². The van der Waals surface area contributed by atoms with Crippen LogP contribution in [0.2, 0.25) is 5.02 Å². The molecule has 0 radical (unpaired) electrons. The Balaban J connectivity index is 2.93. The molecule has 0 spiro atoms. The van der Waals surface area contributed by atoms with Crippen molar-refractivity contribution in [2.45, 2.75) is 0 Å². The molecule has 0 unspecified atom stereocenters. The number of hydrogen-bond donors (Lipinski definition) is 2. The van der Waals surface area contributed by atoms with Crippen LogP contribution in [0.25, 0.3) is 0 Å². The van der Waals surface area contributed by atoms with Gasteiger partial charge in [-0.25, -0.2) is 4.79 Å². The topological polar surface area (TPSA) is 93.4 Å². The number of nitrogens with zero attached hydrogens (tertiary/aromatic N) is 2. The molecule has 0 fully saturated rings. The first-order chi connectivity index (χ1) is 9.47. The number of carbonyl (C=O) groups excluding carboxylic acids is 1. The quantitative estimate of drug-likeness (QED) is 0.827. The highest BCUT2D eigenvalue weighted by atomic mass is 35.5. The van der Waals surface area contributed by atoms with Gasteiger partial charge in [-0.2, -0.15) is 5.26 Å². The van der Waals surface area contributed by atoms with Gasteiger partial charge in [0.05, 0.1) is 17.8 Å². The maximum atomic E-state index is 11.9. The van der Waals surface area contributed by atoms with Crippen molar-refractivity contribution in [1.29, 1.82) is 5.26 Å². The smallest absolute Gasteiger partial charge is 0.323 e. The first-order valence-corrected chi connectivity index (χ1v) is 5.76. The number of carbonyl (C=O) groups is 2. The number of terminal acetylenes is 1. The van der Waals surface area contributed by atoms with Crippen LogP contribution in [0, 0.1) is 23.7 Å². The molecule has 2 N–H and O–H groups in total. The van der Waals surface area contributed by atoms with Crippen molar-refractivity contribution in [3.05, 3.63) is 28.8 Å². The molecule has 0 aliphatic rings. The van der Waals surface area contributed by atoms with E-state index in [1.165, 1.54) is 18.2 Å². The number of anilines is 1. The number of urea groups is 1. The number of hydrogen-bond acceptors (Lipinski definition) is 3. The summed E-state index contributed by atoms with van der Waals surface area (Å²) in [5, 5.41) is 20.4. The van der Waals surface area contributed by atoms with Gasteiger partial charge in [0.2, 0.25) is 0 Å². The van der Waals surface area contributed by atoms with Gasteiger partial charge in [-0.3, -0.25) is 4.79 Å². The van der Waals surface area contributed by atoms with E-state index in [4.69, 9.17) is 28.4 Å². The van der Waals surface area contributed by atoms with Crippen molar-refractivity contribution in [2.75, 3.05) is 18.4 Å². The molecule has 6 nitrogen and oxygen atoms in total. The maximum absolute atomic E-state index is 11.9. The summed E-state index contributed by atoms with van der Waals surface area (Å²) in [6, 6.07) is 5.52. The summed E-state index contributed by atoms with van der Waals surface area (Å²) in [4.78, 5) is 23.5. The number of rotatable bonds is 4. The van der Waals surface area contributed by atoms with Crippen molar-refractivity contribution in [1.82, 2.24) is 4.90 Å². The molecule has 2 amide bonds. The molecular weight excluding hydrogens is 282 g/mol. The molecular formula is C13H10ClN3O3. The second-order valence-electron chi connectivity index (χ2n) is 3.69. The van der Waals surface area contributed by atoms with Crippen LogP contribution in [-0.4, -0.2) is 35.1 Å². The van der Waals surface area contributed by atoms with E-state index in [-0.39, 0.29) is 17.8 Å². The number of benzene rings is 1. The summed E-state index contributed by atoms with van der Waals surface area (Å²) in [5.74, 6) is 0.998. The van der Waals surface area contributed by atoms with E-state index in [0.29, 0.717) is 5.02 Å². The lowest BCUT2D eigenvalue weighted by Crippen LogP contribution is -2.39. The Labute approximate surface area is 120 Å². The van der Waals surface area contributed by atoms with Gasteiger partial charge < -0.3 is 15.3 Å². The van der Waals surface area contributed by atoms with Gasteiger partial charge in [-0.1, -0.05) is 17.5 Å². The largest absolute Gasteiger partial charge is 0.480 e. The van der Waals surface area contributed by atoms with Gasteiger partial charge in [-0.15, -0.1) is 6.42 Å². The van der Waals surface area contributed by atoms with Gasteiger partial charge in [-0.05, 0) is 18.2 Å². The molecule has 0 heterocycles. The normalized spacial score (nSPS) is 9.15. The minimum atomic E-state index is -1.19. The zero-order chi connectivity index (χ0) is 15.1. The minimum Gasteiger partial charge on any atom is -0.480 e. The summed E-state index contributed by atoms with van der Waals surface area (Å²) in [5.41, 5.74) is 0.399. The van der Waals surface area contributed by atoms with E-state index in [0.717, 1.165) is 4.90 Å². The van der Waals surface area contributed by atoms with Crippen LogP contribution in [0.15, 0.2) is 18.2 Å². The molecule has 20 heavy (non-hydrogen) atoms. The Morgan fingerprint density at radius 2 is 2.20 bits per heavy atom. The first kappa shape index (κ1) is 15.4. The molecule has 102 valence electrons. The molecule has 0 saturated carbocycles. The fourth-order valence-electron chi connectivity index (χ4n) is 1.38. The molecule has 0 aromatic heterocycles. The number of nitrogens with one attached hydrogen (secondary N) is 1. The fraction of sp³-hybridized carbons (Fsp3) is 0.154. The van der Waals surface area contributed by atoms with Gasteiger partial charge in [0.15, 0.2) is 0 Å². The number of carboxylic acids is 1. The van der Waals surface area contributed by atoms with E-state index in [1.54, 1.807) is 0 Å². The van der Waals surface area contributed by atoms with Crippen molar-refractivity contribution in [3.8, 4) is 18.4 Å². The Bertz CT molecular complexity index is 616. The number of halogens is 1. The number of carboxylic acid groups (broad SMARTS) is 1. The highest BCUT2D eigenvalue weighted by Crippen LogP contribution is 2.20. The predicted octanol–water partition coefficient (Wildman–Crippen LogP) is 1.76. The minimum absolute atomic E-state index is 0.166. The average molecular weight is 292 g/mol. The zero-order valence-electron chi connectivity index (χ0n) is 10.3. The molecule has 0 bridgehead atoms. The van der Waals surface area contributed by atoms with Crippen LogP contribution in [0.3, 0.4) is 0 Å². The number of aliphatic carboxylic acids is 1. The Hall–Kier alpha value is -2.70. The second-order valence-corrected chi connectivity index (χ2v) is 4.12. The molecule has 0 saturated heterocycles. The van der Waals surface area contributed by atoms with E-state index in [2.05, 4.69) is 11.2 Å². The third kappa shape index (κ3) is 4.20. The Morgan fingerprint density at radius 1 is 1.50 bits per heavy atom. The van der Waals surface area contributed by atoms with E-state index in [1.807, 2.05) is 6.07 Å². The lowest BCUT2D eigenvalue weighted by Gasteiger charge is -2.19. The molecule has 1 aromatic rings. The van der Waals surface area contributed by atoms with Gasteiger partial charge in [0.1, 0.15) is 12.6 Å². The van der Waals surface area contributed by atoms with Crippen LogP contribution in [0.1, 0.15) is 5.56 Å². The van der Waals surface area contributed by atoms with Crippen LogP contribution in [0.5, 0.6) is 0 Å². The molecule has 0 atom stereocenters. The number of amides is 2. The first-order valence-electron chi connectivity index (χ1n) is 5.38. The summed E-state index contributed by atoms with van der Waals surface area (Å²) < 4.78 is 0. The molecule has 0 aliphatic carbocycles. The van der Waals surface area contributed by atoms with Crippen LogP contribution >= 0.6 is 11.6 Å². The SMILES string of the molecule is C#CCN(CC(=O)O)C(=O)Nc1cc(Cl)ccc1C#N. The zero-order valence-corrected chi connectivity index (χ0v) is 11.0. The molecule has 1 aromatic carbocycles. The highest BCUT2D eigenvalue weighted by molar-refractivity contribution is 6.31. The van der Waals surface area contributed by atoms with Crippen molar-refractivity contribution in [2.24, 2.45) is 0 Å². The second kappa shape index (κ2) is 7.03. The number of nitriles is 1. The highest BCUT2D eigenvalue weighted by Gasteiger charge is 2.17. The van der Waals surface area contributed by atoms with Crippen molar-refractivity contribution >= 4 is 29.3 Å². The van der Waals surface area contributed by atoms with Gasteiger partial charge in [0.25, 0.3) is 0 Å². The molecule has 0 aliphatic heterocycles. The van der Waals surface area contributed by atoms with E-state index in [9.17, 15) is 9.59 Å². The van der Waals surface area contributed by atoms with Gasteiger partial charge in [0, 0.05) is 5.02 Å². The fourth-order valence-corrected chi connectivity index (χ4v) is 1.56. The summed E-state index contributed by atoms with van der Waals surface area (Å²) in [7, 11) is 0. The average Bonchev–Trinajstić information content (AvgIpc) is 2.38. The van der Waals surface area contributed by atoms with Crippen molar-refractivity contribution < 1.29 is 14.7 Å². The summed E-state index contributed by atoms with van der Waals surface area (Å²) >= 11 is 5.78. The third-order valence-electron chi connectivity index (χ3n) is 2.24. The summed E-state index contributed by atoms with van der Waals surface area (Å²) in [6.45, 7) is -0.709. The lowest BCUT2D eigenvalue weighted by molar-refractivity contribution is -0.137. The van der Waals surface area contributed by atoms with Crippen molar-refractivity contribution in [3.63, 3.8) is 0 Å². The van der Waals surface area contributed by atoms with Crippen LogP contribution in [-0.2, 0) is 4.79 Å². The monoisotopic (exact) mass is 291 g/mol. The van der Waals surface area contributed by atoms with Crippen LogP contribution in [0.4, 0.5) is 10.5 Å².